The van der Waals surface area contributed by atoms with Crippen LogP contribution >= 0.6 is 0 Å². The Kier molecular flexibility index (Phi) is 6.23. The predicted octanol–water partition coefficient (Wildman–Crippen LogP) is 2.98. The van der Waals surface area contributed by atoms with Crippen molar-refractivity contribution >= 4 is 23.7 Å². The predicted molar refractivity (Wildman–Crippen MR) is 94.6 cm³/mol. The first-order valence-electron chi connectivity index (χ1n) is 7.82. The molecule has 0 heterocycles. The zero-order valence-corrected chi connectivity index (χ0v) is 14.1. The molecule has 1 unspecified atom stereocenters. The Bertz CT molecular complexity index is 782. The molecule has 0 aliphatic rings. The number of ketones is 1. The van der Waals surface area contributed by atoms with Crippen molar-refractivity contribution in [1.29, 1.82) is 0 Å². The van der Waals surface area contributed by atoms with Gasteiger partial charge in [-0.15, -0.1) is 0 Å². The minimum Gasteiger partial charge on any atom is -0.450 e. The van der Waals surface area contributed by atoms with E-state index in [-0.39, 0.29) is 11.5 Å². The first-order chi connectivity index (χ1) is 12.0. The van der Waals surface area contributed by atoms with Gasteiger partial charge in [-0.2, -0.15) is 0 Å². The summed E-state index contributed by atoms with van der Waals surface area (Å²) in [6.07, 6.45) is 0.534. The molecule has 0 spiro atoms. The van der Waals surface area contributed by atoms with E-state index in [0.717, 1.165) is 5.56 Å². The lowest BCUT2D eigenvalue weighted by molar-refractivity contribution is -0.142. The Balaban J connectivity index is 2.15. The normalized spacial score (nSPS) is 12.2. The van der Waals surface area contributed by atoms with Crippen LogP contribution < -0.4 is 5.32 Å². The van der Waals surface area contributed by atoms with Crippen LogP contribution in [0.4, 0.5) is 0 Å². The van der Waals surface area contributed by atoms with Gasteiger partial charge in [0.1, 0.15) is 5.70 Å². The molecule has 2 rings (SSSR count). The molecule has 25 heavy (non-hydrogen) atoms. The summed E-state index contributed by atoms with van der Waals surface area (Å²) in [5.74, 6) is -1.48. The van der Waals surface area contributed by atoms with Crippen molar-refractivity contribution in [1.82, 2.24) is 5.32 Å². The van der Waals surface area contributed by atoms with Gasteiger partial charge in [-0.3, -0.25) is 9.59 Å². The zero-order chi connectivity index (χ0) is 18.2. The maximum absolute atomic E-state index is 12.4. The summed E-state index contributed by atoms with van der Waals surface area (Å²) in [6, 6.07) is 17.6. The molecule has 0 saturated heterocycles. The molecular weight excluding hydrogens is 318 g/mol. The smallest absolute Gasteiger partial charge is 0.355 e. The zero-order valence-electron chi connectivity index (χ0n) is 14.1. The average Bonchev–Trinajstić information content (AvgIpc) is 2.61. The van der Waals surface area contributed by atoms with Crippen molar-refractivity contribution in [2.75, 3.05) is 0 Å². The van der Waals surface area contributed by atoms with E-state index < -0.39 is 18.0 Å². The molecule has 0 bridgehead atoms. The van der Waals surface area contributed by atoms with Crippen LogP contribution in [0.3, 0.4) is 0 Å². The molecule has 5 nitrogen and oxygen atoms in total. The number of nitrogens with one attached hydrogen (secondary N) is 1. The van der Waals surface area contributed by atoms with E-state index >= 15 is 0 Å². The van der Waals surface area contributed by atoms with Gasteiger partial charge in [0.15, 0.2) is 6.10 Å². The molecule has 2 aromatic rings. The Morgan fingerprint density at radius 2 is 1.52 bits per heavy atom. The summed E-state index contributed by atoms with van der Waals surface area (Å²) in [5, 5.41) is 2.45. The van der Waals surface area contributed by atoms with Gasteiger partial charge in [0, 0.05) is 12.5 Å². The third-order valence-corrected chi connectivity index (χ3v) is 3.35. The molecule has 0 aromatic heterocycles. The van der Waals surface area contributed by atoms with Crippen LogP contribution in [0.25, 0.3) is 6.08 Å². The van der Waals surface area contributed by atoms with Crippen molar-refractivity contribution in [3.8, 4) is 0 Å². The fraction of sp³-hybridized carbons (Fsp3) is 0.150. The molecule has 0 radical (unpaired) electrons. The summed E-state index contributed by atoms with van der Waals surface area (Å²) in [4.78, 5) is 36.0. The number of carbonyl (C=O) groups excluding carboxylic acids is 3. The summed E-state index contributed by atoms with van der Waals surface area (Å²) < 4.78 is 5.23. The van der Waals surface area contributed by atoms with Crippen molar-refractivity contribution in [2.45, 2.75) is 20.0 Å². The standard InChI is InChI=1S/C20H19NO4/c1-14(19(23)17-11-7-4-8-12-17)25-20(24)18(21-15(2)22)13-16-9-5-3-6-10-16/h3-14H,1-2H3,(H,21,22)/b18-13+. The monoisotopic (exact) mass is 337 g/mol. The fourth-order valence-corrected chi connectivity index (χ4v) is 2.17. The van der Waals surface area contributed by atoms with E-state index in [1.807, 2.05) is 18.2 Å². The highest BCUT2D eigenvalue weighted by atomic mass is 16.5. The van der Waals surface area contributed by atoms with E-state index in [0.29, 0.717) is 5.56 Å². The molecule has 0 saturated carbocycles. The molecule has 2 aromatic carbocycles. The molecular formula is C20H19NO4. The first-order valence-corrected chi connectivity index (χ1v) is 7.82. The number of rotatable bonds is 6. The summed E-state index contributed by atoms with van der Waals surface area (Å²) in [6.45, 7) is 2.80. The maximum Gasteiger partial charge on any atom is 0.355 e. The number of esters is 1. The Morgan fingerprint density at radius 3 is 2.08 bits per heavy atom. The van der Waals surface area contributed by atoms with Crippen LogP contribution in [0.1, 0.15) is 29.8 Å². The van der Waals surface area contributed by atoms with Gasteiger partial charge in [0.25, 0.3) is 0 Å². The topological polar surface area (TPSA) is 72.5 Å². The lowest BCUT2D eigenvalue weighted by Gasteiger charge is -2.14. The Hall–Kier alpha value is -3.21. The van der Waals surface area contributed by atoms with Crippen molar-refractivity contribution in [3.05, 3.63) is 77.5 Å². The fourth-order valence-electron chi connectivity index (χ4n) is 2.17. The number of Topliss-reactive ketones (excluding diaryl/α,β-unsaturated/α-hetero) is 1. The van der Waals surface area contributed by atoms with Gasteiger partial charge in [-0.1, -0.05) is 60.7 Å². The first kappa shape index (κ1) is 18.1. The number of benzene rings is 2. The second kappa shape index (κ2) is 8.59. The quantitative estimate of drug-likeness (QED) is 0.500. The third-order valence-electron chi connectivity index (χ3n) is 3.35. The van der Waals surface area contributed by atoms with E-state index in [4.69, 9.17) is 4.74 Å². The van der Waals surface area contributed by atoms with Crippen LogP contribution in [0.15, 0.2) is 66.4 Å². The van der Waals surface area contributed by atoms with Crippen LogP contribution in [-0.2, 0) is 14.3 Å². The lowest BCUT2D eigenvalue weighted by atomic mass is 10.1. The van der Waals surface area contributed by atoms with E-state index in [2.05, 4.69) is 5.32 Å². The van der Waals surface area contributed by atoms with Gasteiger partial charge in [0.05, 0.1) is 0 Å². The number of carbonyl (C=O) groups is 3. The van der Waals surface area contributed by atoms with Gasteiger partial charge in [-0.05, 0) is 18.6 Å². The summed E-state index contributed by atoms with van der Waals surface area (Å²) >= 11 is 0. The highest BCUT2D eigenvalue weighted by Crippen LogP contribution is 2.10. The molecule has 5 heteroatoms. The second-order valence-corrected chi connectivity index (χ2v) is 5.43. The highest BCUT2D eigenvalue weighted by molar-refractivity contribution is 6.03. The number of ether oxygens (including phenoxy) is 1. The minimum atomic E-state index is -0.970. The van der Waals surface area contributed by atoms with Gasteiger partial charge >= 0.3 is 5.97 Å². The number of hydrogen-bond donors (Lipinski definition) is 1. The van der Waals surface area contributed by atoms with E-state index in [1.54, 1.807) is 42.5 Å². The van der Waals surface area contributed by atoms with Gasteiger partial charge in [-0.25, -0.2) is 4.79 Å². The highest BCUT2D eigenvalue weighted by Gasteiger charge is 2.22. The van der Waals surface area contributed by atoms with E-state index in [1.165, 1.54) is 19.9 Å². The van der Waals surface area contributed by atoms with Crippen LogP contribution in [-0.4, -0.2) is 23.8 Å². The maximum atomic E-state index is 12.4. The van der Waals surface area contributed by atoms with Crippen molar-refractivity contribution in [2.24, 2.45) is 0 Å². The van der Waals surface area contributed by atoms with Gasteiger partial charge in [0.2, 0.25) is 11.7 Å². The number of hydrogen-bond acceptors (Lipinski definition) is 4. The summed E-state index contributed by atoms with van der Waals surface area (Å²) in [7, 11) is 0. The molecule has 1 atom stereocenters. The van der Waals surface area contributed by atoms with Crippen LogP contribution in [0.5, 0.6) is 0 Å². The Morgan fingerprint density at radius 1 is 0.960 bits per heavy atom. The molecule has 128 valence electrons. The largest absolute Gasteiger partial charge is 0.450 e. The summed E-state index contributed by atoms with van der Waals surface area (Å²) in [5.41, 5.74) is 1.16. The number of amides is 1. The minimum absolute atomic E-state index is 0.0218. The molecule has 0 aliphatic heterocycles. The molecule has 1 amide bonds. The van der Waals surface area contributed by atoms with Crippen LogP contribution in [0, 0.1) is 0 Å². The second-order valence-electron chi connectivity index (χ2n) is 5.43. The molecule has 0 aliphatic carbocycles. The van der Waals surface area contributed by atoms with Crippen molar-refractivity contribution < 1.29 is 19.1 Å². The SMILES string of the molecule is CC(=O)N/C(=C/c1ccccc1)C(=O)OC(C)C(=O)c1ccccc1. The molecule has 1 N–H and O–H groups in total. The molecule has 0 fully saturated rings. The average molecular weight is 337 g/mol. The van der Waals surface area contributed by atoms with Gasteiger partial charge < -0.3 is 10.1 Å². The lowest BCUT2D eigenvalue weighted by Crippen LogP contribution is -2.31. The Labute approximate surface area is 146 Å². The van der Waals surface area contributed by atoms with Crippen molar-refractivity contribution in [3.63, 3.8) is 0 Å². The third kappa shape index (κ3) is 5.42. The van der Waals surface area contributed by atoms with E-state index in [9.17, 15) is 14.4 Å². The van der Waals surface area contributed by atoms with Crippen LogP contribution in [0.2, 0.25) is 0 Å².